The largest absolute Gasteiger partial charge is 0.510 e. The summed E-state index contributed by atoms with van der Waals surface area (Å²) in [7, 11) is 0. The molecule has 1 heterocycles. The van der Waals surface area contributed by atoms with E-state index in [1.54, 1.807) is 18.2 Å². The summed E-state index contributed by atoms with van der Waals surface area (Å²) in [5, 5.41) is 25.4. The third-order valence-electron chi connectivity index (χ3n) is 5.56. The fourth-order valence-corrected chi connectivity index (χ4v) is 3.62. The minimum absolute atomic E-state index is 0.0405. The van der Waals surface area contributed by atoms with Gasteiger partial charge in [0.2, 0.25) is 17.6 Å². The number of carbonyl (C=O) groups is 4. The molecule has 1 aliphatic heterocycles. The molecule has 1 saturated heterocycles. The Hall–Kier alpha value is -3.82. The molecule has 3 atom stereocenters. The van der Waals surface area contributed by atoms with Crippen LogP contribution in [0, 0.1) is 5.92 Å². The van der Waals surface area contributed by atoms with E-state index in [0.29, 0.717) is 5.92 Å². The number of rotatable bonds is 10. The number of amides is 2. The Balaban J connectivity index is 1.56. The number of epoxide rings is 1. The maximum atomic E-state index is 12.4. The van der Waals surface area contributed by atoms with E-state index in [1.165, 1.54) is 42.5 Å². The Kier molecular flexibility index (Phi) is 8.73. The number of Topliss-reactive ketones (excluding diaryl/α,β-unsaturated/α-hetero) is 2. The first-order valence-corrected chi connectivity index (χ1v) is 11.7. The molecule has 36 heavy (non-hydrogen) atoms. The van der Waals surface area contributed by atoms with E-state index in [0.717, 1.165) is 6.42 Å². The smallest absolute Gasteiger partial charge is 0.248 e. The number of fused-ring (bicyclic) bond motifs is 1. The lowest BCUT2D eigenvalue weighted by molar-refractivity contribution is -0.121. The van der Waals surface area contributed by atoms with E-state index in [4.69, 9.17) is 4.74 Å². The molecule has 9 nitrogen and oxygen atoms in total. The summed E-state index contributed by atoms with van der Waals surface area (Å²) < 4.78 is 5.32. The van der Waals surface area contributed by atoms with E-state index in [-0.39, 0.29) is 35.8 Å². The average Bonchev–Trinajstić information content (AvgIpc) is 3.58. The van der Waals surface area contributed by atoms with Gasteiger partial charge in [0.05, 0.1) is 5.70 Å². The van der Waals surface area contributed by atoms with Crippen LogP contribution < -0.4 is 10.6 Å². The Morgan fingerprint density at radius 2 is 1.72 bits per heavy atom. The van der Waals surface area contributed by atoms with Crippen LogP contribution >= 0.6 is 0 Å². The molecule has 3 aliphatic rings. The van der Waals surface area contributed by atoms with Gasteiger partial charge in [-0.25, -0.2) is 0 Å². The molecule has 0 saturated carbocycles. The number of ketones is 2. The second-order valence-corrected chi connectivity index (χ2v) is 9.03. The maximum Gasteiger partial charge on any atom is 0.248 e. The zero-order valence-corrected chi connectivity index (χ0v) is 20.1. The molecule has 2 aliphatic carbocycles. The van der Waals surface area contributed by atoms with Gasteiger partial charge >= 0.3 is 0 Å². The summed E-state index contributed by atoms with van der Waals surface area (Å²) in [4.78, 5) is 48.0. The molecule has 0 bridgehead atoms. The maximum absolute atomic E-state index is 12.4. The number of aliphatic hydroxyl groups excluding tert-OH is 1. The normalized spacial score (nSPS) is 26.3. The van der Waals surface area contributed by atoms with Crippen molar-refractivity contribution in [2.45, 2.75) is 50.9 Å². The van der Waals surface area contributed by atoms with Gasteiger partial charge in [-0.05, 0) is 24.5 Å². The van der Waals surface area contributed by atoms with Crippen LogP contribution in [-0.2, 0) is 23.9 Å². The molecule has 2 amide bonds. The molecule has 0 radical (unpaired) electrons. The van der Waals surface area contributed by atoms with Crippen molar-refractivity contribution in [3.63, 3.8) is 0 Å². The van der Waals surface area contributed by atoms with Crippen molar-refractivity contribution in [2.24, 2.45) is 5.92 Å². The zero-order valence-electron chi connectivity index (χ0n) is 20.1. The second-order valence-electron chi connectivity index (χ2n) is 9.03. The van der Waals surface area contributed by atoms with Crippen LogP contribution in [0.2, 0.25) is 0 Å². The first kappa shape index (κ1) is 26.8. The van der Waals surface area contributed by atoms with Crippen molar-refractivity contribution in [1.29, 1.82) is 0 Å². The number of hydrogen-bond acceptors (Lipinski definition) is 7. The van der Waals surface area contributed by atoms with Crippen LogP contribution in [0.4, 0.5) is 0 Å². The topological polar surface area (TPSA) is 145 Å². The van der Waals surface area contributed by atoms with Crippen LogP contribution in [0.3, 0.4) is 0 Å². The summed E-state index contributed by atoms with van der Waals surface area (Å²) in [6.07, 6.45) is 16.2. The van der Waals surface area contributed by atoms with Gasteiger partial charge < -0.3 is 25.6 Å². The fourth-order valence-electron chi connectivity index (χ4n) is 3.62. The lowest BCUT2D eigenvalue weighted by atomic mass is 9.88. The van der Waals surface area contributed by atoms with Crippen LogP contribution in [0.15, 0.2) is 84.0 Å². The summed E-state index contributed by atoms with van der Waals surface area (Å²) in [5.74, 6) is -1.39. The van der Waals surface area contributed by atoms with E-state index < -0.39 is 35.4 Å². The van der Waals surface area contributed by atoms with Crippen LogP contribution in [0.1, 0.15) is 33.1 Å². The lowest BCUT2D eigenvalue weighted by Gasteiger charge is -2.23. The van der Waals surface area contributed by atoms with E-state index in [9.17, 15) is 29.4 Å². The monoisotopic (exact) mass is 494 g/mol. The average molecular weight is 495 g/mol. The molecule has 0 spiro atoms. The highest BCUT2D eigenvalue weighted by Gasteiger charge is 2.59. The van der Waals surface area contributed by atoms with Crippen molar-refractivity contribution in [3.8, 4) is 0 Å². The summed E-state index contributed by atoms with van der Waals surface area (Å²) in [6, 6.07) is 0. The number of carbonyl (C=O) groups excluding carboxylic acids is 4. The van der Waals surface area contributed by atoms with Crippen LogP contribution in [0.25, 0.3) is 0 Å². The molecular weight excluding hydrogens is 464 g/mol. The molecule has 3 unspecified atom stereocenters. The van der Waals surface area contributed by atoms with Crippen molar-refractivity contribution in [2.75, 3.05) is 0 Å². The molecule has 0 aromatic carbocycles. The van der Waals surface area contributed by atoms with Gasteiger partial charge in [-0.15, -0.1) is 0 Å². The highest BCUT2D eigenvalue weighted by Crippen LogP contribution is 2.40. The van der Waals surface area contributed by atoms with Crippen LogP contribution in [0.5, 0.6) is 0 Å². The number of ether oxygens (including phenoxy) is 1. The summed E-state index contributed by atoms with van der Waals surface area (Å²) in [5.41, 5.74) is -1.71. The first-order chi connectivity index (χ1) is 17.1. The van der Waals surface area contributed by atoms with Gasteiger partial charge in [0.25, 0.3) is 0 Å². The minimum atomic E-state index is -1.60. The molecule has 0 aromatic rings. The summed E-state index contributed by atoms with van der Waals surface area (Å²) >= 11 is 0. The fraction of sp³-hybridized carbons (Fsp3) is 0.333. The van der Waals surface area contributed by atoms with Crippen molar-refractivity contribution < 1.29 is 34.1 Å². The van der Waals surface area contributed by atoms with Gasteiger partial charge in [0, 0.05) is 25.0 Å². The minimum Gasteiger partial charge on any atom is -0.510 e. The van der Waals surface area contributed by atoms with Gasteiger partial charge in [-0.1, -0.05) is 56.4 Å². The Morgan fingerprint density at radius 3 is 2.39 bits per heavy atom. The molecule has 0 aromatic heterocycles. The zero-order chi connectivity index (χ0) is 26.3. The van der Waals surface area contributed by atoms with Crippen molar-refractivity contribution >= 4 is 23.4 Å². The molecule has 190 valence electrons. The number of nitrogens with one attached hydrogen (secondary N) is 2. The predicted octanol–water partition coefficient (Wildman–Crippen LogP) is 2.14. The van der Waals surface area contributed by atoms with E-state index in [2.05, 4.69) is 24.5 Å². The third-order valence-corrected chi connectivity index (χ3v) is 5.56. The Morgan fingerprint density at radius 1 is 1.06 bits per heavy atom. The Labute approximate surface area is 209 Å². The second kappa shape index (κ2) is 11.7. The SMILES string of the molecule is CC(C)CC=CC=CC(=O)NC1=CC(O)(C=CC=CC=CC(=O)NC2=C(O)CCC2=O)C2OC2C1=O. The highest BCUT2D eigenvalue weighted by atomic mass is 16.6. The molecule has 9 heteroatoms. The standard InChI is InChI=1S/C27H30N2O7/c1-17(2)10-6-5-8-11-21(32)28-18-16-27(35,26-25(36-26)24(18)34)15-9-4-3-7-12-22(33)29-23-19(30)13-14-20(23)31/h3-9,11-12,15-17,25-26,30,35H,10,13-14H2,1-2H3,(H,28,32)(H,29,33). The molecule has 3 rings (SSSR count). The number of aliphatic hydroxyl groups is 2. The number of hydrogen-bond donors (Lipinski definition) is 4. The van der Waals surface area contributed by atoms with E-state index in [1.807, 2.05) is 6.08 Å². The third kappa shape index (κ3) is 7.10. The number of allylic oxidation sites excluding steroid dienone is 9. The highest BCUT2D eigenvalue weighted by molar-refractivity contribution is 6.06. The van der Waals surface area contributed by atoms with Gasteiger partial charge in [-0.2, -0.15) is 0 Å². The predicted molar refractivity (Wildman–Crippen MR) is 132 cm³/mol. The first-order valence-electron chi connectivity index (χ1n) is 11.7. The summed E-state index contributed by atoms with van der Waals surface area (Å²) in [6.45, 7) is 4.17. The van der Waals surface area contributed by atoms with Gasteiger partial charge in [0.1, 0.15) is 23.2 Å². The quantitative estimate of drug-likeness (QED) is 0.207. The molecular formula is C27H30N2O7. The van der Waals surface area contributed by atoms with Crippen molar-refractivity contribution in [1.82, 2.24) is 10.6 Å². The van der Waals surface area contributed by atoms with Crippen molar-refractivity contribution in [3.05, 3.63) is 84.0 Å². The van der Waals surface area contributed by atoms with Gasteiger partial charge in [-0.3, -0.25) is 19.2 Å². The molecule has 1 fully saturated rings. The van der Waals surface area contributed by atoms with Crippen LogP contribution in [-0.4, -0.2) is 51.4 Å². The van der Waals surface area contributed by atoms with Gasteiger partial charge in [0.15, 0.2) is 11.9 Å². The van der Waals surface area contributed by atoms with E-state index >= 15 is 0 Å². The molecule has 4 N–H and O–H groups in total. The Bertz CT molecular complexity index is 1140. The lowest BCUT2D eigenvalue weighted by Crippen LogP contribution is -2.42.